The van der Waals surface area contributed by atoms with Crippen LogP contribution in [0.1, 0.15) is 13.3 Å². The molecule has 0 amide bonds. The van der Waals surface area contributed by atoms with Gasteiger partial charge in [0.05, 0.1) is 7.85 Å². The maximum absolute atomic E-state index is 5.49. The van der Waals surface area contributed by atoms with Gasteiger partial charge >= 0.3 is 0 Å². The number of hydrogen-bond acceptors (Lipinski definition) is 1. The number of rotatable bonds is 2. The molecule has 0 aromatic carbocycles. The fraction of sp³-hybridized carbons (Fsp3) is 1.00. The van der Waals surface area contributed by atoms with Crippen molar-refractivity contribution < 1.29 is 0 Å². The van der Waals surface area contributed by atoms with E-state index in [1.807, 2.05) is 0 Å². The highest BCUT2D eigenvalue weighted by Gasteiger charge is 2.30. The van der Waals surface area contributed by atoms with E-state index in [4.69, 9.17) is 7.85 Å². The van der Waals surface area contributed by atoms with Gasteiger partial charge in [-0.1, -0.05) is 12.7 Å². The minimum absolute atomic E-state index is 0.458. The Hall–Kier alpha value is 0.0249. The highest BCUT2D eigenvalue weighted by Crippen LogP contribution is 2.32. The Balaban J connectivity index is 1.98. The van der Waals surface area contributed by atoms with Crippen molar-refractivity contribution in [3.05, 3.63) is 0 Å². The van der Waals surface area contributed by atoms with Crippen molar-refractivity contribution in [2.45, 2.75) is 25.2 Å². The summed E-state index contributed by atoms with van der Waals surface area (Å²) in [5.74, 6) is 0.458. The molecule has 1 N–H and O–H groups in total. The van der Waals surface area contributed by atoms with Crippen LogP contribution in [-0.2, 0) is 0 Å². The summed E-state index contributed by atoms with van der Waals surface area (Å²) in [4.78, 5) is 0. The lowest BCUT2D eigenvalue weighted by atomic mass is 10.0. The zero-order chi connectivity index (χ0) is 5.28. The van der Waals surface area contributed by atoms with Gasteiger partial charge in [-0.2, -0.15) is 0 Å². The van der Waals surface area contributed by atoms with Crippen molar-refractivity contribution in [1.29, 1.82) is 0 Å². The summed E-state index contributed by atoms with van der Waals surface area (Å²) < 4.78 is 0. The van der Waals surface area contributed by atoms with E-state index in [-0.39, 0.29) is 0 Å². The molecule has 0 saturated heterocycles. The monoisotopic (exact) mass is 95.1 g/mol. The summed E-state index contributed by atoms with van der Waals surface area (Å²) >= 11 is 0. The Morgan fingerprint density at radius 1 is 1.86 bits per heavy atom. The maximum atomic E-state index is 5.49. The predicted octanol–water partition coefficient (Wildman–Crippen LogP) is 0.325. The molecule has 2 radical (unpaired) electrons. The molecule has 0 aliphatic heterocycles. The molecule has 1 saturated carbocycles. The van der Waals surface area contributed by atoms with E-state index < -0.39 is 0 Å². The Bertz CT molecular complexity index is 65.1. The first-order chi connectivity index (χ1) is 3.34. The van der Waals surface area contributed by atoms with Gasteiger partial charge in [0.1, 0.15) is 0 Å². The third kappa shape index (κ3) is 1.20. The molecular formula is C5H10BN. The van der Waals surface area contributed by atoms with Gasteiger partial charge in [-0.25, -0.2) is 0 Å². The van der Waals surface area contributed by atoms with Gasteiger partial charge in [0, 0.05) is 6.04 Å². The molecule has 1 rings (SSSR count). The Morgan fingerprint density at radius 3 is 2.57 bits per heavy atom. The second kappa shape index (κ2) is 1.87. The van der Waals surface area contributed by atoms with E-state index in [2.05, 4.69) is 12.2 Å². The van der Waals surface area contributed by atoms with Crippen molar-refractivity contribution in [3.63, 3.8) is 0 Å². The topological polar surface area (TPSA) is 12.0 Å². The van der Waals surface area contributed by atoms with Gasteiger partial charge in [-0.05, 0) is 13.0 Å². The molecule has 2 unspecified atom stereocenters. The maximum Gasteiger partial charge on any atom is 0.0721 e. The van der Waals surface area contributed by atoms with Crippen LogP contribution < -0.4 is 5.32 Å². The number of hydrogen-bond donors (Lipinski definition) is 1. The van der Waals surface area contributed by atoms with Crippen molar-refractivity contribution in [2.75, 3.05) is 6.54 Å². The smallest absolute Gasteiger partial charge is 0.0721 e. The van der Waals surface area contributed by atoms with Gasteiger partial charge in [-0.15, -0.1) is 0 Å². The quantitative estimate of drug-likeness (QED) is 0.487. The summed E-state index contributed by atoms with van der Waals surface area (Å²) in [6.07, 6.45) is 1.17. The molecule has 1 fully saturated rings. The lowest BCUT2D eigenvalue weighted by molar-refractivity contribution is 0.721. The normalized spacial score (nSPS) is 38.4. The molecule has 2 atom stereocenters. The van der Waals surface area contributed by atoms with E-state index in [0.717, 1.165) is 6.54 Å². The third-order valence-corrected chi connectivity index (χ3v) is 1.31. The van der Waals surface area contributed by atoms with Crippen molar-refractivity contribution in [3.8, 4) is 0 Å². The highest BCUT2D eigenvalue weighted by molar-refractivity contribution is 6.14. The van der Waals surface area contributed by atoms with Gasteiger partial charge in [0.15, 0.2) is 0 Å². The average molecular weight is 95.0 g/mol. The van der Waals surface area contributed by atoms with Crippen LogP contribution in [0.2, 0.25) is 5.82 Å². The summed E-state index contributed by atoms with van der Waals surface area (Å²) in [7, 11) is 5.49. The van der Waals surface area contributed by atoms with E-state index in [0.29, 0.717) is 11.9 Å². The molecule has 0 bridgehead atoms. The molecule has 0 spiro atoms. The summed E-state index contributed by atoms with van der Waals surface area (Å²) in [6, 6.07) is 0.644. The molecule has 7 heavy (non-hydrogen) atoms. The molecule has 0 aromatic heterocycles. The Kier molecular flexibility index (Phi) is 1.38. The molecule has 1 aliphatic carbocycles. The standard InChI is InChI=1S/C5H10BN/c1-2-7-5-3-4(5)6/h4-5,7H,2-3H2,1H3. The average Bonchev–Trinajstić information content (AvgIpc) is 2.22. The van der Waals surface area contributed by atoms with Crippen LogP contribution in [-0.4, -0.2) is 20.4 Å². The lowest BCUT2D eigenvalue weighted by Gasteiger charge is -1.92. The predicted molar refractivity (Wildman–Crippen MR) is 31.6 cm³/mol. The van der Waals surface area contributed by atoms with Crippen LogP contribution in [0.3, 0.4) is 0 Å². The van der Waals surface area contributed by atoms with Crippen LogP contribution in [0.5, 0.6) is 0 Å². The van der Waals surface area contributed by atoms with Crippen LogP contribution in [0.25, 0.3) is 0 Å². The molecule has 0 aromatic rings. The number of nitrogens with one attached hydrogen (secondary N) is 1. The fourth-order valence-corrected chi connectivity index (χ4v) is 0.712. The first kappa shape index (κ1) is 5.17. The Labute approximate surface area is 45.9 Å². The van der Waals surface area contributed by atoms with Crippen molar-refractivity contribution in [1.82, 2.24) is 5.32 Å². The second-order valence-electron chi connectivity index (χ2n) is 2.06. The van der Waals surface area contributed by atoms with Gasteiger partial charge in [0.2, 0.25) is 0 Å². The van der Waals surface area contributed by atoms with E-state index in [1.54, 1.807) is 0 Å². The molecule has 1 aliphatic rings. The first-order valence-corrected chi connectivity index (χ1v) is 2.83. The SMILES string of the molecule is [B]C1CC1NCC. The van der Waals surface area contributed by atoms with Crippen molar-refractivity contribution >= 4 is 7.85 Å². The third-order valence-electron chi connectivity index (χ3n) is 1.31. The zero-order valence-corrected chi connectivity index (χ0v) is 4.65. The van der Waals surface area contributed by atoms with E-state index in [1.165, 1.54) is 6.42 Å². The van der Waals surface area contributed by atoms with Crippen LogP contribution in [0.4, 0.5) is 0 Å². The van der Waals surface area contributed by atoms with Crippen LogP contribution in [0.15, 0.2) is 0 Å². The summed E-state index contributed by atoms with van der Waals surface area (Å²) in [5, 5.41) is 3.24. The van der Waals surface area contributed by atoms with Gasteiger partial charge in [-0.3, -0.25) is 0 Å². The van der Waals surface area contributed by atoms with Crippen LogP contribution >= 0.6 is 0 Å². The van der Waals surface area contributed by atoms with Gasteiger partial charge < -0.3 is 5.32 Å². The molecule has 1 nitrogen and oxygen atoms in total. The van der Waals surface area contributed by atoms with E-state index >= 15 is 0 Å². The summed E-state index contributed by atoms with van der Waals surface area (Å²) in [6.45, 7) is 3.16. The minimum atomic E-state index is 0.458. The second-order valence-corrected chi connectivity index (χ2v) is 2.06. The largest absolute Gasteiger partial charge is 0.315 e. The molecular weight excluding hydrogens is 84.9 g/mol. The Morgan fingerprint density at radius 2 is 2.43 bits per heavy atom. The first-order valence-electron chi connectivity index (χ1n) is 2.83. The fourth-order valence-electron chi connectivity index (χ4n) is 0.712. The van der Waals surface area contributed by atoms with Crippen LogP contribution in [0, 0.1) is 0 Å². The lowest BCUT2D eigenvalue weighted by Crippen LogP contribution is -2.15. The minimum Gasteiger partial charge on any atom is -0.315 e. The van der Waals surface area contributed by atoms with Gasteiger partial charge in [0.25, 0.3) is 0 Å². The van der Waals surface area contributed by atoms with E-state index in [9.17, 15) is 0 Å². The zero-order valence-electron chi connectivity index (χ0n) is 4.65. The molecule has 2 heteroatoms. The van der Waals surface area contributed by atoms with Crippen molar-refractivity contribution in [2.24, 2.45) is 0 Å². The molecule has 0 heterocycles. The highest BCUT2D eigenvalue weighted by atomic mass is 14.9. The summed E-state index contributed by atoms with van der Waals surface area (Å²) in [5.41, 5.74) is 0. The molecule has 38 valence electrons.